The van der Waals surface area contributed by atoms with Gasteiger partial charge < -0.3 is 0 Å². The maximum atomic E-state index is 4.96. The molecule has 0 unspecified atom stereocenters. The molecule has 0 aliphatic rings. The van der Waals surface area contributed by atoms with Crippen molar-refractivity contribution >= 4 is 43.4 Å². The molecular weight excluding hydrogens is 641 g/mol. The highest BCUT2D eigenvalue weighted by Crippen LogP contribution is 2.47. The molecule has 0 saturated carbocycles. The van der Waals surface area contributed by atoms with E-state index in [0.717, 1.165) is 29.0 Å². The predicted molar refractivity (Wildman–Crippen MR) is 225 cm³/mol. The summed E-state index contributed by atoms with van der Waals surface area (Å²) < 4.78 is 2.30. The van der Waals surface area contributed by atoms with Crippen LogP contribution in [0.25, 0.3) is 93.5 Å². The van der Waals surface area contributed by atoms with E-state index in [2.05, 4.69) is 200 Å². The zero-order valence-corrected chi connectivity index (χ0v) is 29.5. The molecule has 10 aromatic rings. The van der Waals surface area contributed by atoms with Crippen LogP contribution >= 0.6 is 0 Å². The lowest BCUT2D eigenvalue weighted by molar-refractivity contribution is 0.908. The molecule has 10 rings (SSSR count). The summed E-state index contributed by atoms with van der Waals surface area (Å²) in [6.45, 7) is 2.18. The molecule has 1 heterocycles. The molecule has 2 heteroatoms. The number of aromatic nitrogens is 2. The molecule has 0 radical (unpaired) electrons. The number of para-hydroxylation sites is 2. The summed E-state index contributed by atoms with van der Waals surface area (Å²) in [5.41, 5.74) is 13.1. The normalized spacial score (nSPS) is 11.6. The first-order chi connectivity index (χ1) is 26.3. The molecule has 0 saturated heterocycles. The van der Waals surface area contributed by atoms with Crippen molar-refractivity contribution < 1.29 is 0 Å². The first-order valence-electron chi connectivity index (χ1n) is 18.5. The van der Waals surface area contributed by atoms with Gasteiger partial charge in [0, 0.05) is 12.1 Å². The van der Waals surface area contributed by atoms with Gasteiger partial charge >= 0.3 is 0 Å². The fraction of sp³-hybridized carbons (Fsp3) is 0.0392. The van der Waals surface area contributed by atoms with Gasteiger partial charge in [0.15, 0.2) is 0 Å². The zero-order chi connectivity index (χ0) is 35.3. The zero-order valence-electron chi connectivity index (χ0n) is 29.5. The van der Waals surface area contributed by atoms with Crippen LogP contribution in [0, 0.1) is 0 Å². The smallest absolute Gasteiger partial charge is 0.114 e. The number of rotatable bonds is 6. The highest BCUT2D eigenvalue weighted by atomic mass is 15.1. The topological polar surface area (TPSA) is 17.8 Å². The van der Waals surface area contributed by atoms with E-state index in [0.29, 0.717) is 0 Å². The third-order valence-corrected chi connectivity index (χ3v) is 10.8. The number of nitrogens with zero attached hydrogens (tertiary/aromatic N) is 2. The highest BCUT2D eigenvalue weighted by Gasteiger charge is 2.20. The third-order valence-electron chi connectivity index (χ3n) is 10.8. The number of imidazole rings is 1. The molecule has 0 atom stereocenters. The summed E-state index contributed by atoms with van der Waals surface area (Å²) in [4.78, 5) is 4.96. The first kappa shape index (κ1) is 31.0. The van der Waals surface area contributed by atoms with Crippen molar-refractivity contribution in [2.75, 3.05) is 0 Å². The third kappa shape index (κ3) is 5.14. The SMILES string of the molecule is CCc1nc2ccccc2n1-c1ccc(-c2c3ccccc3c(-c3cccc4ccccc34)c3ccc(-c4ccccc4-c4ccccc4)cc23)cc1. The standard InChI is InChI=1S/C51H36N2/c1-2-49-52-47-25-12-13-26-48(47)53(49)38-30-27-36(28-31-38)50-43-22-10-11-23-44(43)51(42-24-14-18-35-17-6-7-20-40(35)42)45-32-29-37(33-46(45)50)41-21-9-8-19-39(41)34-15-4-3-5-16-34/h3-33H,2H2,1H3. The Balaban J connectivity index is 1.26. The lowest BCUT2D eigenvalue weighted by atomic mass is 9.83. The number of fused-ring (bicyclic) bond motifs is 4. The Morgan fingerprint density at radius 2 is 1.00 bits per heavy atom. The van der Waals surface area contributed by atoms with E-state index in [1.165, 1.54) is 76.8 Å². The fourth-order valence-corrected chi connectivity index (χ4v) is 8.37. The average molecular weight is 677 g/mol. The van der Waals surface area contributed by atoms with Gasteiger partial charge in [-0.3, -0.25) is 4.57 Å². The Kier molecular flexibility index (Phi) is 7.47. The molecule has 0 aliphatic heterocycles. The minimum Gasteiger partial charge on any atom is -0.296 e. The van der Waals surface area contributed by atoms with E-state index in [9.17, 15) is 0 Å². The van der Waals surface area contributed by atoms with Crippen LogP contribution in [0.2, 0.25) is 0 Å². The lowest BCUT2D eigenvalue weighted by Gasteiger charge is -2.20. The molecule has 2 nitrogen and oxygen atoms in total. The van der Waals surface area contributed by atoms with Gasteiger partial charge in [0.2, 0.25) is 0 Å². The first-order valence-corrected chi connectivity index (χ1v) is 18.5. The predicted octanol–water partition coefficient (Wildman–Crippen LogP) is 13.7. The van der Waals surface area contributed by atoms with Crippen molar-refractivity contribution in [2.24, 2.45) is 0 Å². The van der Waals surface area contributed by atoms with Crippen LogP contribution in [0.3, 0.4) is 0 Å². The Bertz CT molecular complexity index is 2960. The summed E-state index contributed by atoms with van der Waals surface area (Å²) in [5, 5.41) is 7.48. The second kappa shape index (κ2) is 12.8. The number of aryl methyl sites for hydroxylation is 1. The Labute approximate surface area is 309 Å². The van der Waals surface area contributed by atoms with Crippen molar-refractivity contribution in [3.05, 3.63) is 194 Å². The quantitative estimate of drug-likeness (QED) is 0.160. The summed E-state index contributed by atoms with van der Waals surface area (Å²) >= 11 is 0. The van der Waals surface area contributed by atoms with E-state index in [1.807, 2.05) is 0 Å². The largest absolute Gasteiger partial charge is 0.296 e. The monoisotopic (exact) mass is 676 g/mol. The minimum atomic E-state index is 0.856. The van der Waals surface area contributed by atoms with Gasteiger partial charge in [-0.1, -0.05) is 165 Å². The Morgan fingerprint density at radius 1 is 0.415 bits per heavy atom. The van der Waals surface area contributed by atoms with Crippen LogP contribution in [0.5, 0.6) is 0 Å². The van der Waals surface area contributed by atoms with Crippen LogP contribution in [-0.4, -0.2) is 9.55 Å². The maximum Gasteiger partial charge on any atom is 0.114 e. The van der Waals surface area contributed by atoms with Crippen LogP contribution in [0.15, 0.2) is 188 Å². The minimum absolute atomic E-state index is 0.856. The average Bonchev–Trinajstić information content (AvgIpc) is 3.62. The van der Waals surface area contributed by atoms with E-state index >= 15 is 0 Å². The Morgan fingerprint density at radius 3 is 1.79 bits per heavy atom. The fourth-order valence-electron chi connectivity index (χ4n) is 8.37. The van der Waals surface area contributed by atoms with E-state index < -0.39 is 0 Å². The molecule has 0 aliphatic carbocycles. The molecule has 0 bridgehead atoms. The van der Waals surface area contributed by atoms with E-state index in [-0.39, 0.29) is 0 Å². The van der Waals surface area contributed by atoms with Crippen molar-refractivity contribution in [3.8, 4) is 50.2 Å². The van der Waals surface area contributed by atoms with Crippen LogP contribution in [-0.2, 0) is 6.42 Å². The van der Waals surface area contributed by atoms with Gasteiger partial charge in [-0.15, -0.1) is 0 Å². The molecule has 1 aromatic heterocycles. The van der Waals surface area contributed by atoms with Gasteiger partial charge in [0.05, 0.1) is 11.0 Å². The number of hydrogen-bond donors (Lipinski definition) is 0. The molecular formula is C51H36N2. The van der Waals surface area contributed by atoms with Gasteiger partial charge in [-0.2, -0.15) is 0 Å². The van der Waals surface area contributed by atoms with Gasteiger partial charge in [-0.05, 0) is 107 Å². The van der Waals surface area contributed by atoms with Crippen molar-refractivity contribution in [1.29, 1.82) is 0 Å². The van der Waals surface area contributed by atoms with E-state index in [1.54, 1.807) is 0 Å². The molecule has 250 valence electrons. The van der Waals surface area contributed by atoms with Gasteiger partial charge in [0.1, 0.15) is 5.82 Å². The highest BCUT2D eigenvalue weighted by molar-refractivity contribution is 6.24. The van der Waals surface area contributed by atoms with Gasteiger partial charge in [0.25, 0.3) is 0 Å². The molecule has 0 N–H and O–H groups in total. The van der Waals surface area contributed by atoms with Crippen LogP contribution in [0.4, 0.5) is 0 Å². The van der Waals surface area contributed by atoms with Crippen molar-refractivity contribution in [3.63, 3.8) is 0 Å². The van der Waals surface area contributed by atoms with Gasteiger partial charge in [-0.25, -0.2) is 4.98 Å². The molecule has 53 heavy (non-hydrogen) atoms. The number of benzene rings is 9. The summed E-state index contributed by atoms with van der Waals surface area (Å²) in [7, 11) is 0. The number of hydrogen-bond acceptors (Lipinski definition) is 1. The molecule has 0 fully saturated rings. The summed E-state index contributed by atoms with van der Waals surface area (Å²) in [6.07, 6.45) is 0.856. The van der Waals surface area contributed by atoms with Crippen molar-refractivity contribution in [1.82, 2.24) is 9.55 Å². The second-order valence-corrected chi connectivity index (χ2v) is 13.7. The molecule has 0 spiro atoms. The lowest BCUT2D eigenvalue weighted by Crippen LogP contribution is -2.00. The second-order valence-electron chi connectivity index (χ2n) is 13.7. The molecule has 9 aromatic carbocycles. The van der Waals surface area contributed by atoms with Crippen LogP contribution < -0.4 is 0 Å². The maximum absolute atomic E-state index is 4.96. The summed E-state index contributed by atoms with van der Waals surface area (Å²) in [6, 6.07) is 68.5. The van der Waals surface area contributed by atoms with Crippen molar-refractivity contribution in [2.45, 2.75) is 13.3 Å². The summed E-state index contributed by atoms with van der Waals surface area (Å²) in [5.74, 6) is 1.07. The Hall–Kier alpha value is -6.77. The molecule has 0 amide bonds. The van der Waals surface area contributed by atoms with Crippen LogP contribution in [0.1, 0.15) is 12.7 Å². The van der Waals surface area contributed by atoms with E-state index in [4.69, 9.17) is 4.98 Å².